The highest BCUT2D eigenvalue weighted by Gasteiger charge is 2.15. The van der Waals surface area contributed by atoms with E-state index in [9.17, 15) is 9.59 Å². The molecule has 6 heteroatoms. The van der Waals surface area contributed by atoms with Crippen LogP contribution in [-0.4, -0.2) is 18.4 Å². The molecule has 24 heavy (non-hydrogen) atoms. The van der Waals surface area contributed by atoms with E-state index in [2.05, 4.69) is 10.6 Å². The lowest BCUT2D eigenvalue weighted by atomic mass is 10.0. The van der Waals surface area contributed by atoms with E-state index in [4.69, 9.17) is 16.3 Å². The van der Waals surface area contributed by atoms with Gasteiger partial charge in [0.15, 0.2) is 6.61 Å². The molecule has 2 aromatic carbocycles. The molecule has 124 valence electrons. The van der Waals surface area contributed by atoms with E-state index < -0.39 is 0 Å². The molecule has 1 aliphatic heterocycles. The molecular weight excluding hydrogens is 328 g/mol. The zero-order chi connectivity index (χ0) is 16.9. The van der Waals surface area contributed by atoms with Crippen molar-refractivity contribution in [2.45, 2.75) is 19.4 Å². The number of aryl methyl sites for hydroxylation is 1. The van der Waals surface area contributed by atoms with E-state index in [1.807, 2.05) is 18.2 Å². The summed E-state index contributed by atoms with van der Waals surface area (Å²) in [5, 5.41) is 6.27. The predicted octanol–water partition coefficient (Wildman–Crippen LogP) is 2.92. The summed E-state index contributed by atoms with van der Waals surface area (Å²) in [5.41, 5.74) is 2.80. The third-order valence-corrected chi connectivity index (χ3v) is 4.00. The number of nitrogens with one attached hydrogen (secondary N) is 2. The molecule has 0 radical (unpaired) electrons. The molecule has 5 nitrogen and oxygen atoms in total. The van der Waals surface area contributed by atoms with Gasteiger partial charge in [-0.3, -0.25) is 9.59 Å². The Morgan fingerprint density at radius 1 is 1.17 bits per heavy atom. The van der Waals surface area contributed by atoms with Crippen molar-refractivity contribution >= 4 is 29.1 Å². The first-order valence-electron chi connectivity index (χ1n) is 7.67. The number of carbonyl (C=O) groups excluding carboxylic acids is 2. The number of benzene rings is 2. The molecule has 2 amide bonds. The maximum Gasteiger partial charge on any atom is 0.258 e. The molecule has 0 saturated heterocycles. The summed E-state index contributed by atoms with van der Waals surface area (Å²) in [6.07, 6.45) is 1.15. The zero-order valence-electron chi connectivity index (χ0n) is 13.0. The fourth-order valence-corrected chi connectivity index (χ4v) is 2.58. The molecule has 0 spiro atoms. The Morgan fingerprint density at radius 2 is 1.96 bits per heavy atom. The van der Waals surface area contributed by atoms with Gasteiger partial charge < -0.3 is 15.4 Å². The number of carbonyl (C=O) groups is 2. The molecule has 2 aromatic rings. The molecule has 0 atom stereocenters. The summed E-state index contributed by atoms with van der Waals surface area (Å²) in [6.45, 7) is 0.369. The minimum atomic E-state index is -0.198. The van der Waals surface area contributed by atoms with Crippen LogP contribution in [0.1, 0.15) is 17.5 Å². The smallest absolute Gasteiger partial charge is 0.258 e. The van der Waals surface area contributed by atoms with E-state index in [0.29, 0.717) is 30.2 Å². The Balaban J connectivity index is 1.49. The number of fused-ring (bicyclic) bond motifs is 1. The molecule has 0 aliphatic carbocycles. The van der Waals surface area contributed by atoms with Gasteiger partial charge in [-0.1, -0.05) is 23.7 Å². The summed E-state index contributed by atoms with van der Waals surface area (Å²) in [4.78, 5) is 23.2. The number of hydrogen-bond donors (Lipinski definition) is 2. The SMILES string of the molecule is O=C(COc1ccc2c(c1)CCC(=O)N2)NCc1ccc(Cl)cc1. The Labute approximate surface area is 145 Å². The van der Waals surface area contributed by atoms with Crippen LogP contribution >= 0.6 is 11.6 Å². The summed E-state index contributed by atoms with van der Waals surface area (Å²) < 4.78 is 5.52. The van der Waals surface area contributed by atoms with Crippen LogP contribution in [0.25, 0.3) is 0 Å². The van der Waals surface area contributed by atoms with Gasteiger partial charge >= 0.3 is 0 Å². The first-order valence-corrected chi connectivity index (χ1v) is 8.05. The number of hydrogen-bond acceptors (Lipinski definition) is 3. The van der Waals surface area contributed by atoms with Gasteiger partial charge in [-0.25, -0.2) is 0 Å². The van der Waals surface area contributed by atoms with Crippen LogP contribution in [0.2, 0.25) is 5.02 Å². The van der Waals surface area contributed by atoms with Gasteiger partial charge in [-0.05, 0) is 47.9 Å². The van der Waals surface area contributed by atoms with Gasteiger partial charge in [0, 0.05) is 23.7 Å². The monoisotopic (exact) mass is 344 g/mol. The summed E-state index contributed by atoms with van der Waals surface area (Å²) in [6, 6.07) is 12.7. The summed E-state index contributed by atoms with van der Waals surface area (Å²) in [7, 11) is 0. The fourth-order valence-electron chi connectivity index (χ4n) is 2.45. The molecular formula is C18H17ClN2O3. The highest BCUT2D eigenvalue weighted by molar-refractivity contribution is 6.30. The zero-order valence-corrected chi connectivity index (χ0v) is 13.7. The maximum absolute atomic E-state index is 11.9. The second-order valence-electron chi connectivity index (χ2n) is 5.56. The van der Waals surface area contributed by atoms with Crippen LogP contribution in [0.5, 0.6) is 5.75 Å². The van der Waals surface area contributed by atoms with Crippen LogP contribution in [0.4, 0.5) is 5.69 Å². The molecule has 3 rings (SSSR count). The number of anilines is 1. The molecule has 0 aromatic heterocycles. The second-order valence-corrected chi connectivity index (χ2v) is 6.00. The van der Waals surface area contributed by atoms with Gasteiger partial charge in [0.25, 0.3) is 5.91 Å². The number of rotatable bonds is 5. The number of halogens is 1. The Morgan fingerprint density at radius 3 is 2.75 bits per heavy atom. The average Bonchev–Trinajstić information content (AvgIpc) is 2.59. The molecule has 1 aliphatic rings. The molecule has 2 N–H and O–H groups in total. The highest BCUT2D eigenvalue weighted by atomic mass is 35.5. The predicted molar refractivity (Wildman–Crippen MR) is 92.2 cm³/mol. The summed E-state index contributed by atoms with van der Waals surface area (Å²) >= 11 is 5.82. The van der Waals surface area contributed by atoms with E-state index in [1.54, 1.807) is 24.3 Å². The Bertz CT molecular complexity index is 759. The highest BCUT2D eigenvalue weighted by Crippen LogP contribution is 2.26. The molecule has 0 unspecified atom stereocenters. The Kier molecular flexibility index (Phi) is 5.01. The van der Waals surface area contributed by atoms with E-state index >= 15 is 0 Å². The van der Waals surface area contributed by atoms with Gasteiger partial charge in [0.1, 0.15) is 5.75 Å². The number of ether oxygens (including phenoxy) is 1. The van der Waals surface area contributed by atoms with Crippen LogP contribution in [0, 0.1) is 0 Å². The van der Waals surface area contributed by atoms with Crippen molar-refractivity contribution in [2.24, 2.45) is 0 Å². The first kappa shape index (κ1) is 16.3. The lowest BCUT2D eigenvalue weighted by Gasteiger charge is -2.17. The van der Waals surface area contributed by atoms with Crippen molar-refractivity contribution in [3.05, 3.63) is 58.6 Å². The van der Waals surface area contributed by atoms with Crippen molar-refractivity contribution < 1.29 is 14.3 Å². The van der Waals surface area contributed by atoms with E-state index in [-0.39, 0.29) is 18.4 Å². The quantitative estimate of drug-likeness (QED) is 0.876. The maximum atomic E-state index is 11.9. The van der Waals surface area contributed by atoms with Crippen LogP contribution < -0.4 is 15.4 Å². The Hall–Kier alpha value is -2.53. The van der Waals surface area contributed by atoms with E-state index in [1.165, 1.54) is 0 Å². The minimum absolute atomic E-state index is 0.0257. The van der Waals surface area contributed by atoms with Crippen LogP contribution in [0.15, 0.2) is 42.5 Å². The third kappa shape index (κ3) is 4.26. The average molecular weight is 345 g/mol. The second kappa shape index (κ2) is 7.36. The fraction of sp³-hybridized carbons (Fsp3) is 0.222. The van der Waals surface area contributed by atoms with Crippen LogP contribution in [0.3, 0.4) is 0 Å². The normalized spacial score (nSPS) is 13.0. The summed E-state index contributed by atoms with van der Waals surface area (Å²) in [5.74, 6) is 0.445. The molecule has 0 saturated carbocycles. The number of amides is 2. The van der Waals surface area contributed by atoms with Crippen molar-refractivity contribution in [1.82, 2.24) is 5.32 Å². The molecule has 1 heterocycles. The van der Waals surface area contributed by atoms with Crippen LogP contribution in [-0.2, 0) is 22.6 Å². The van der Waals surface area contributed by atoms with Crippen molar-refractivity contribution in [3.8, 4) is 5.75 Å². The first-order chi connectivity index (χ1) is 11.6. The van der Waals surface area contributed by atoms with Crippen molar-refractivity contribution in [2.75, 3.05) is 11.9 Å². The lowest BCUT2D eigenvalue weighted by molar-refractivity contribution is -0.123. The largest absolute Gasteiger partial charge is 0.484 e. The van der Waals surface area contributed by atoms with Gasteiger partial charge in [0.2, 0.25) is 5.91 Å². The topological polar surface area (TPSA) is 67.4 Å². The minimum Gasteiger partial charge on any atom is -0.484 e. The lowest BCUT2D eigenvalue weighted by Crippen LogP contribution is -2.28. The molecule has 0 fully saturated rings. The third-order valence-electron chi connectivity index (χ3n) is 3.75. The van der Waals surface area contributed by atoms with Gasteiger partial charge in [-0.15, -0.1) is 0 Å². The van der Waals surface area contributed by atoms with E-state index in [0.717, 1.165) is 16.8 Å². The van der Waals surface area contributed by atoms with Crippen molar-refractivity contribution in [1.29, 1.82) is 0 Å². The van der Waals surface area contributed by atoms with Crippen molar-refractivity contribution in [3.63, 3.8) is 0 Å². The van der Waals surface area contributed by atoms with Gasteiger partial charge in [0.05, 0.1) is 0 Å². The molecule has 0 bridgehead atoms. The standard InChI is InChI=1S/C18H17ClN2O3/c19-14-4-1-12(2-5-14)10-20-18(23)11-24-15-6-7-16-13(9-15)3-8-17(22)21-16/h1-2,4-7,9H,3,8,10-11H2,(H,20,23)(H,21,22). The van der Waals surface area contributed by atoms with Gasteiger partial charge in [-0.2, -0.15) is 0 Å².